The van der Waals surface area contributed by atoms with E-state index in [0.717, 1.165) is 37.7 Å². The number of rotatable bonds is 3. The molecule has 0 heterocycles. The van der Waals surface area contributed by atoms with Crippen LogP contribution in [0.3, 0.4) is 0 Å². The van der Waals surface area contributed by atoms with Crippen LogP contribution in [0.1, 0.15) is 86.0 Å². The minimum atomic E-state index is -0.855. The van der Waals surface area contributed by atoms with Crippen molar-refractivity contribution < 1.29 is 19.8 Å². The van der Waals surface area contributed by atoms with E-state index in [0.29, 0.717) is 31.1 Å². The summed E-state index contributed by atoms with van der Waals surface area (Å²) in [6.45, 7) is 15.6. The molecule has 5 aliphatic rings. The van der Waals surface area contributed by atoms with Gasteiger partial charge < -0.3 is 10.2 Å². The van der Waals surface area contributed by atoms with E-state index < -0.39 is 22.8 Å². The Hall–Kier alpha value is -1.58. The normalized spacial score (nSPS) is 51.7. The molecule has 0 aromatic heterocycles. The van der Waals surface area contributed by atoms with Crippen LogP contribution in [-0.2, 0) is 9.59 Å². The molecule has 4 fully saturated rings. The largest absolute Gasteiger partial charge is 0.481 e. The van der Waals surface area contributed by atoms with Crippen LogP contribution in [-0.4, -0.2) is 22.2 Å². The molecule has 0 radical (unpaired) electrons. The van der Waals surface area contributed by atoms with Gasteiger partial charge in [-0.1, -0.05) is 52.0 Å². The fourth-order valence-electron chi connectivity index (χ4n) is 10.9. The fraction of sp³-hybridized carbons (Fsp3) is 0.793. The summed E-state index contributed by atoms with van der Waals surface area (Å²) >= 11 is 0. The second-order valence-electron chi connectivity index (χ2n) is 13.5. The highest BCUT2D eigenvalue weighted by Crippen LogP contribution is 2.77. The van der Waals surface area contributed by atoms with Gasteiger partial charge in [-0.2, -0.15) is 0 Å². The number of hydrogen-bond acceptors (Lipinski definition) is 2. The predicted molar refractivity (Wildman–Crippen MR) is 128 cm³/mol. The standard InChI is InChI=1S/C29H42O4/c1-17(2)18-9-12-28(23(30)31)15-16-29(24(32)33)19(22(18)28)7-8-21-26(5)14-13-25(3,4)20(26)10-11-27(21,29)6/h13-14,18-22H,1,7-12,15-16H2,2-6H3,(H,30,31)(H,32,33)/t18?,19-,20?,21?,22?,26+,27-,28+,29-/m1/s1. The van der Waals surface area contributed by atoms with Crippen molar-refractivity contribution in [3.05, 3.63) is 24.3 Å². The zero-order chi connectivity index (χ0) is 24.2. The van der Waals surface area contributed by atoms with Crippen molar-refractivity contribution in [1.29, 1.82) is 0 Å². The van der Waals surface area contributed by atoms with Crippen LogP contribution in [0, 0.1) is 56.7 Å². The van der Waals surface area contributed by atoms with Crippen molar-refractivity contribution in [1.82, 2.24) is 0 Å². The molecule has 5 aliphatic carbocycles. The second-order valence-corrected chi connectivity index (χ2v) is 13.5. The van der Waals surface area contributed by atoms with Crippen molar-refractivity contribution in [2.45, 2.75) is 86.0 Å². The van der Waals surface area contributed by atoms with E-state index in [1.807, 2.05) is 6.92 Å². The number of carbonyl (C=O) groups is 2. The van der Waals surface area contributed by atoms with Gasteiger partial charge in [-0.05, 0) is 104 Å². The van der Waals surface area contributed by atoms with Crippen LogP contribution in [0.25, 0.3) is 0 Å². The van der Waals surface area contributed by atoms with Gasteiger partial charge in [-0.25, -0.2) is 0 Å². The van der Waals surface area contributed by atoms with Crippen LogP contribution in [0.5, 0.6) is 0 Å². The van der Waals surface area contributed by atoms with E-state index in [1.54, 1.807) is 0 Å². The summed E-state index contributed by atoms with van der Waals surface area (Å²) in [5.74, 6) is -0.617. The number of hydrogen-bond donors (Lipinski definition) is 2. The first-order valence-corrected chi connectivity index (χ1v) is 13.1. The van der Waals surface area contributed by atoms with Gasteiger partial charge in [0.05, 0.1) is 10.8 Å². The van der Waals surface area contributed by atoms with Crippen LogP contribution < -0.4 is 0 Å². The molecule has 4 nitrogen and oxygen atoms in total. The SMILES string of the molecule is C=C(C)C1CC[C@]2(C(=O)O)CC[C@]3(C(=O)O)[C@H](CCC4[C@@]5(C)C=CC(C)(C)C5CC[C@]43C)C12. The average Bonchev–Trinajstić information content (AvgIpc) is 3.23. The van der Waals surface area contributed by atoms with Crippen molar-refractivity contribution >= 4 is 11.9 Å². The number of carboxylic acids is 2. The smallest absolute Gasteiger partial charge is 0.310 e. The molecule has 4 unspecified atom stereocenters. The number of carboxylic acid groups (broad SMARTS) is 2. The van der Waals surface area contributed by atoms with Gasteiger partial charge >= 0.3 is 11.9 Å². The Morgan fingerprint density at radius 3 is 2.15 bits per heavy atom. The molecule has 0 saturated heterocycles. The molecular weight excluding hydrogens is 412 g/mol. The fourth-order valence-corrected chi connectivity index (χ4v) is 10.9. The predicted octanol–water partition coefficient (Wildman–Crippen LogP) is 6.57. The molecule has 2 N–H and O–H groups in total. The Morgan fingerprint density at radius 2 is 1.55 bits per heavy atom. The van der Waals surface area contributed by atoms with Crippen molar-refractivity contribution in [3.63, 3.8) is 0 Å². The molecule has 4 saturated carbocycles. The Bertz CT molecular complexity index is 947. The monoisotopic (exact) mass is 454 g/mol. The van der Waals surface area contributed by atoms with E-state index >= 15 is 0 Å². The van der Waals surface area contributed by atoms with Gasteiger partial charge in [0.2, 0.25) is 0 Å². The third kappa shape index (κ3) is 2.54. The lowest BCUT2D eigenvalue weighted by Gasteiger charge is -2.69. The van der Waals surface area contributed by atoms with Crippen molar-refractivity contribution in [2.75, 3.05) is 0 Å². The Balaban J connectivity index is 1.66. The first-order chi connectivity index (χ1) is 15.3. The van der Waals surface area contributed by atoms with Gasteiger partial charge in [0, 0.05) is 0 Å². The number of aliphatic carboxylic acids is 2. The zero-order valence-corrected chi connectivity index (χ0v) is 21.1. The van der Waals surface area contributed by atoms with E-state index in [-0.39, 0.29) is 34.0 Å². The molecule has 0 aromatic rings. The molecule has 33 heavy (non-hydrogen) atoms. The van der Waals surface area contributed by atoms with E-state index in [2.05, 4.69) is 46.4 Å². The number of fused-ring (bicyclic) bond motifs is 7. The lowest BCUT2D eigenvalue weighted by Crippen LogP contribution is -2.68. The third-order valence-electron chi connectivity index (χ3n) is 12.2. The van der Waals surface area contributed by atoms with Gasteiger partial charge in [-0.3, -0.25) is 9.59 Å². The van der Waals surface area contributed by atoms with E-state index in [4.69, 9.17) is 0 Å². The summed E-state index contributed by atoms with van der Waals surface area (Å²) in [5, 5.41) is 21.5. The maximum absolute atomic E-state index is 13.4. The van der Waals surface area contributed by atoms with Crippen molar-refractivity contribution in [2.24, 2.45) is 56.7 Å². The highest BCUT2D eigenvalue weighted by atomic mass is 16.4. The maximum atomic E-state index is 13.4. The molecule has 182 valence electrons. The quantitative estimate of drug-likeness (QED) is 0.473. The van der Waals surface area contributed by atoms with Crippen LogP contribution in [0.15, 0.2) is 24.3 Å². The summed E-state index contributed by atoms with van der Waals surface area (Å²) in [4.78, 5) is 26.2. The summed E-state index contributed by atoms with van der Waals surface area (Å²) in [5.41, 5.74) is -0.781. The molecule has 0 aromatic carbocycles. The lowest BCUT2D eigenvalue weighted by molar-refractivity contribution is -0.231. The minimum Gasteiger partial charge on any atom is -0.481 e. The summed E-state index contributed by atoms with van der Waals surface area (Å²) in [6.07, 6.45) is 11.1. The highest BCUT2D eigenvalue weighted by molar-refractivity contribution is 5.80. The van der Waals surface area contributed by atoms with Gasteiger partial charge in [0.25, 0.3) is 0 Å². The first kappa shape index (κ1) is 23.2. The Labute approximate surface area is 198 Å². The van der Waals surface area contributed by atoms with Gasteiger partial charge in [-0.15, -0.1) is 0 Å². The van der Waals surface area contributed by atoms with Gasteiger partial charge in [0.15, 0.2) is 0 Å². The zero-order valence-electron chi connectivity index (χ0n) is 21.1. The minimum absolute atomic E-state index is 0.00862. The average molecular weight is 455 g/mol. The molecule has 0 amide bonds. The van der Waals surface area contributed by atoms with E-state index in [1.165, 1.54) is 0 Å². The first-order valence-electron chi connectivity index (χ1n) is 13.1. The molecule has 0 bridgehead atoms. The maximum Gasteiger partial charge on any atom is 0.310 e. The summed E-state index contributed by atoms with van der Waals surface area (Å²) < 4.78 is 0. The molecule has 4 heteroatoms. The lowest BCUT2D eigenvalue weighted by atomic mass is 9.33. The van der Waals surface area contributed by atoms with Gasteiger partial charge in [0.1, 0.15) is 0 Å². The highest BCUT2D eigenvalue weighted by Gasteiger charge is 2.75. The second kappa shape index (κ2) is 6.76. The topological polar surface area (TPSA) is 74.6 Å². The van der Waals surface area contributed by atoms with Crippen LogP contribution >= 0.6 is 0 Å². The molecule has 0 spiro atoms. The molecule has 9 atom stereocenters. The Kier molecular flexibility index (Phi) is 4.75. The molecular formula is C29H42O4. The molecule has 5 rings (SSSR count). The Morgan fingerprint density at radius 1 is 0.848 bits per heavy atom. The number of allylic oxidation sites excluding steroid dienone is 3. The van der Waals surface area contributed by atoms with Crippen LogP contribution in [0.2, 0.25) is 0 Å². The summed E-state index contributed by atoms with van der Waals surface area (Å²) in [6, 6.07) is 0. The van der Waals surface area contributed by atoms with Crippen molar-refractivity contribution in [3.8, 4) is 0 Å². The van der Waals surface area contributed by atoms with E-state index in [9.17, 15) is 19.8 Å². The molecule has 0 aliphatic heterocycles. The summed E-state index contributed by atoms with van der Waals surface area (Å²) in [7, 11) is 0. The third-order valence-corrected chi connectivity index (χ3v) is 12.2. The van der Waals surface area contributed by atoms with Crippen LogP contribution in [0.4, 0.5) is 0 Å².